The van der Waals surface area contributed by atoms with Crippen molar-refractivity contribution in [3.05, 3.63) is 53.1 Å². The number of amides is 1. The molecule has 0 bridgehead atoms. The molecule has 1 unspecified atom stereocenters. The van der Waals surface area contributed by atoms with Crippen LogP contribution >= 0.6 is 11.6 Å². The van der Waals surface area contributed by atoms with E-state index in [0.717, 1.165) is 29.2 Å². The van der Waals surface area contributed by atoms with E-state index in [1.54, 1.807) is 12.3 Å². The maximum absolute atomic E-state index is 12.2. The van der Waals surface area contributed by atoms with E-state index in [2.05, 4.69) is 15.2 Å². The summed E-state index contributed by atoms with van der Waals surface area (Å²) >= 11 is 6.05. The van der Waals surface area contributed by atoms with Gasteiger partial charge in [-0.15, -0.1) is 0 Å². The molecule has 2 aliphatic rings. The number of carbonyl (C=O) groups is 1. The number of hydrogen-bond donors (Lipinski definition) is 1. The minimum Gasteiger partial charge on any atom is -0.492 e. The minimum atomic E-state index is -0.421. The summed E-state index contributed by atoms with van der Waals surface area (Å²) in [7, 11) is 0. The fraction of sp³-hybridized carbons (Fsp3) is 0.333. The molecular formula is C21H22ClN3O2. The molecule has 1 N–H and O–H groups in total. The van der Waals surface area contributed by atoms with Crippen LogP contribution in [0, 0.1) is 0 Å². The van der Waals surface area contributed by atoms with Gasteiger partial charge in [-0.1, -0.05) is 11.6 Å². The number of aliphatic imine (C=N–C) groups is 1. The van der Waals surface area contributed by atoms with Gasteiger partial charge in [-0.25, -0.2) is 0 Å². The highest BCUT2D eigenvalue weighted by atomic mass is 35.5. The van der Waals surface area contributed by atoms with E-state index in [1.165, 1.54) is 25.9 Å². The first kappa shape index (κ1) is 18.0. The van der Waals surface area contributed by atoms with Crippen LogP contribution in [0.2, 0.25) is 5.02 Å². The molecule has 140 valence electrons. The van der Waals surface area contributed by atoms with Crippen molar-refractivity contribution in [3.63, 3.8) is 0 Å². The molecule has 2 heterocycles. The van der Waals surface area contributed by atoms with Gasteiger partial charge in [-0.2, -0.15) is 0 Å². The third kappa shape index (κ3) is 4.31. The Labute approximate surface area is 164 Å². The zero-order chi connectivity index (χ0) is 18.6. The number of nitrogens with zero attached hydrogens (tertiary/aromatic N) is 2. The highest BCUT2D eigenvalue weighted by molar-refractivity contribution is 6.31. The van der Waals surface area contributed by atoms with Crippen molar-refractivity contribution in [3.8, 4) is 5.75 Å². The minimum absolute atomic E-state index is 0.0853. The van der Waals surface area contributed by atoms with E-state index in [4.69, 9.17) is 16.3 Å². The highest BCUT2D eigenvalue weighted by Crippen LogP contribution is 2.33. The van der Waals surface area contributed by atoms with Gasteiger partial charge in [0.15, 0.2) is 0 Å². The fourth-order valence-corrected chi connectivity index (χ4v) is 3.67. The Balaban J connectivity index is 1.35. The number of nitrogens with one attached hydrogen (secondary N) is 1. The van der Waals surface area contributed by atoms with Crippen LogP contribution in [0.5, 0.6) is 5.75 Å². The second-order valence-corrected chi connectivity index (χ2v) is 7.30. The molecule has 1 amide bonds. The molecule has 0 saturated carbocycles. The zero-order valence-electron chi connectivity index (χ0n) is 15.0. The molecule has 2 aliphatic heterocycles. The summed E-state index contributed by atoms with van der Waals surface area (Å²) in [5.41, 5.74) is 2.44. The lowest BCUT2D eigenvalue weighted by molar-refractivity contribution is -0.115. The highest BCUT2D eigenvalue weighted by Gasteiger charge is 2.29. The van der Waals surface area contributed by atoms with Gasteiger partial charge >= 0.3 is 0 Å². The third-order valence-corrected chi connectivity index (χ3v) is 5.21. The number of anilines is 1. The first-order chi connectivity index (χ1) is 13.2. The van der Waals surface area contributed by atoms with E-state index >= 15 is 0 Å². The van der Waals surface area contributed by atoms with Crippen LogP contribution < -0.4 is 10.1 Å². The summed E-state index contributed by atoms with van der Waals surface area (Å²) < 4.78 is 5.81. The van der Waals surface area contributed by atoms with Crippen molar-refractivity contribution < 1.29 is 9.53 Å². The summed E-state index contributed by atoms with van der Waals surface area (Å²) in [5.74, 6) is 0.330. The van der Waals surface area contributed by atoms with Gasteiger partial charge in [0.05, 0.1) is 5.69 Å². The molecule has 0 aliphatic carbocycles. The summed E-state index contributed by atoms with van der Waals surface area (Å²) in [6, 6.07) is 13.0. The van der Waals surface area contributed by atoms with Crippen LogP contribution in [-0.2, 0) is 4.79 Å². The smallest absolute Gasteiger partial charge is 0.237 e. The van der Waals surface area contributed by atoms with Gasteiger partial charge in [-0.05, 0) is 74.0 Å². The molecular weight excluding hydrogens is 362 g/mol. The number of ether oxygens (including phenoxy) is 1. The van der Waals surface area contributed by atoms with Gasteiger partial charge in [0.1, 0.15) is 18.3 Å². The molecule has 1 fully saturated rings. The zero-order valence-corrected chi connectivity index (χ0v) is 15.8. The average molecular weight is 384 g/mol. The third-order valence-electron chi connectivity index (χ3n) is 4.97. The standard InChI is InChI=1S/C21H22ClN3O2/c22-15-3-8-20-18(13-15)19(21(26)24-20)14-23-16-4-6-17(7-5-16)27-12-11-25-9-1-2-10-25/h3-8,13-14,19H,1-2,9-12H2,(H,24,26). The quantitative estimate of drug-likeness (QED) is 0.758. The maximum Gasteiger partial charge on any atom is 0.237 e. The van der Waals surface area contributed by atoms with E-state index in [1.807, 2.05) is 36.4 Å². The van der Waals surface area contributed by atoms with Crippen LogP contribution in [0.1, 0.15) is 24.3 Å². The van der Waals surface area contributed by atoms with Gasteiger partial charge in [0, 0.05) is 23.5 Å². The molecule has 2 aromatic carbocycles. The summed E-state index contributed by atoms with van der Waals surface area (Å²) in [5, 5.41) is 3.46. The Kier molecular flexibility index (Phi) is 5.41. The molecule has 0 radical (unpaired) electrons. The summed E-state index contributed by atoms with van der Waals surface area (Å²) in [6.45, 7) is 4.03. The lowest BCUT2D eigenvalue weighted by atomic mass is 10.0. The Morgan fingerprint density at radius 1 is 1.19 bits per heavy atom. The predicted octanol–water partition coefficient (Wildman–Crippen LogP) is 4.25. The molecule has 0 spiro atoms. The van der Waals surface area contributed by atoms with Gasteiger partial charge in [0.2, 0.25) is 5.91 Å². The summed E-state index contributed by atoms with van der Waals surface area (Å²) in [4.78, 5) is 19.1. The number of halogens is 1. The van der Waals surface area contributed by atoms with Crippen molar-refractivity contribution >= 4 is 35.1 Å². The van der Waals surface area contributed by atoms with Crippen molar-refractivity contribution in [1.82, 2.24) is 4.90 Å². The monoisotopic (exact) mass is 383 g/mol. The first-order valence-electron chi connectivity index (χ1n) is 9.29. The molecule has 1 saturated heterocycles. The molecule has 5 nitrogen and oxygen atoms in total. The number of likely N-dealkylation sites (tertiary alicyclic amines) is 1. The topological polar surface area (TPSA) is 53.9 Å². The van der Waals surface area contributed by atoms with Crippen molar-refractivity contribution in [2.75, 3.05) is 31.6 Å². The Morgan fingerprint density at radius 2 is 1.96 bits per heavy atom. The van der Waals surface area contributed by atoms with Gasteiger partial charge in [-0.3, -0.25) is 14.7 Å². The van der Waals surface area contributed by atoms with Crippen LogP contribution in [0.25, 0.3) is 0 Å². The molecule has 1 atom stereocenters. The first-order valence-corrected chi connectivity index (χ1v) is 9.66. The van der Waals surface area contributed by atoms with Crippen LogP contribution in [0.4, 0.5) is 11.4 Å². The largest absolute Gasteiger partial charge is 0.492 e. The second kappa shape index (κ2) is 8.11. The van der Waals surface area contributed by atoms with E-state index in [9.17, 15) is 4.79 Å². The molecule has 0 aromatic heterocycles. The number of benzene rings is 2. The van der Waals surface area contributed by atoms with Crippen LogP contribution in [-0.4, -0.2) is 43.3 Å². The van der Waals surface area contributed by atoms with Gasteiger partial charge < -0.3 is 10.1 Å². The van der Waals surface area contributed by atoms with Crippen molar-refractivity contribution in [2.24, 2.45) is 4.99 Å². The summed E-state index contributed by atoms with van der Waals surface area (Å²) in [6.07, 6.45) is 4.26. The molecule has 6 heteroatoms. The van der Waals surface area contributed by atoms with Gasteiger partial charge in [0.25, 0.3) is 0 Å². The SMILES string of the molecule is O=C1Nc2ccc(Cl)cc2C1C=Nc1ccc(OCCN2CCCC2)cc1. The number of carbonyl (C=O) groups excluding carboxylic acids is 1. The molecule has 4 rings (SSSR count). The Hall–Kier alpha value is -2.37. The fourth-order valence-electron chi connectivity index (χ4n) is 3.49. The van der Waals surface area contributed by atoms with Crippen molar-refractivity contribution in [1.29, 1.82) is 0 Å². The predicted molar refractivity (Wildman–Crippen MR) is 109 cm³/mol. The second-order valence-electron chi connectivity index (χ2n) is 6.87. The molecule has 2 aromatic rings. The maximum atomic E-state index is 12.2. The van der Waals surface area contributed by atoms with E-state index < -0.39 is 5.92 Å². The van der Waals surface area contributed by atoms with Crippen molar-refractivity contribution in [2.45, 2.75) is 18.8 Å². The lowest BCUT2D eigenvalue weighted by Crippen LogP contribution is -2.25. The van der Waals surface area contributed by atoms with Crippen LogP contribution in [0.15, 0.2) is 47.5 Å². The lowest BCUT2D eigenvalue weighted by Gasteiger charge is -2.14. The number of fused-ring (bicyclic) bond motifs is 1. The normalized spacial score (nSPS) is 19.4. The number of rotatable bonds is 6. The molecule has 27 heavy (non-hydrogen) atoms. The Morgan fingerprint density at radius 3 is 2.74 bits per heavy atom. The van der Waals surface area contributed by atoms with E-state index in [0.29, 0.717) is 11.6 Å². The van der Waals surface area contributed by atoms with E-state index in [-0.39, 0.29) is 5.91 Å². The average Bonchev–Trinajstić information content (AvgIpc) is 3.28. The Bertz CT molecular complexity index is 845. The van der Waals surface area contributed by atoms with Crippen LogP contribution in [0.3, 0.4) is 0 Å². The number of hydrogen-bond acceptors (Lipinski definition) is 4.